The number of carbonyl (C=O) groups is 4. The van der Waals surface area contributed by atoms with Gasteiger partial charge in [0.15, 0.2) is 0 Å². The van der Waals surface area contributed by atoms with E-state index in [9.17, 15) is 19.2 Å². The van der Waals surface area contributed by atoms with E-state index >= 15 is 0 Å². The van der Waals surface area contributed by atoms with Gasteiger partial charge in [-0.05, 0) is 80.4 Å². The molecule has 0 spiro atoms. The predicted molar refractivity (Wildman–Crippen MR) is 163 cm³/mol. The standard InChI is InChI=1S/C34H30N2O7/c1-19-8-6-7-9-23(19)32(39)43-22-14-15-24(27(18-22)42-5)25-16-17-26-29(35-33(40)34(2,3)36-26)28(25)31(38)30(37)20-10-12-21(41-4)13-11-20/h6-18,36H,1-5H3,(H,35,40). The quantitative estimate of drug-likeness (QED) is 0.111. The lowest BCUT2D eigenvalue weighted by atomic mass is 9.88. The van der Waals surface area contributed by atoms with Crippen molar-refractivity contribution in [2.24, 2.45) is 0 Å². The molecular weight excluding hydrogens is 548 g/mol. The topological polar surface area (TPSA) is 120 Å². The summed E-state index contributed by atoms with van der Waals surface area (Å²) in [5, 5.41) is 5.98. The first kappa shape index (κ1) is 29.1. The smallest absolute Gasteiger partial charge is 0.343 e. The number of hydrogen-bond acceptors (Lipinski definition) is 8. The molecule has 0 atom stereocenters. The van der Waals surface area contributed by atoms with Gasteiger partial charge in [0.05, 0.1) is 36.7 Å². The van der Waals surface area contributed by atoms with Crippen LogP contribution in [0.1, 0.15) is 50.5 Å². The molecule has 5 rings (SSSR count). The van der Waals surface area contributed by atoms with Crippen LogP contribution in [-0.2, 0) is 4.79 Å². The SMILES string of the molecule is COc1ccc(C(=O)C(=O)c2c(-c3ccc(OC(=O)c4ccccc4C)cc3OC)ccc3c2NC(=O)C(C)(C)N3)cc1. The molecule has 9 heteroatoms. The predicted octanol–water partition coefficient (Wildman–Crippen LogP) is 6.11. The van der Waals surface area contributed by atoms with Gasteiger partial charge in [0.2, 0.25) is 17.5 Å². The molecule has 9 nitrogen and oxygen atoms in total. The van der Waals surface area contributed by atoms with Gasteiger partial charge in [-0.1, -0.05) is 24.3 Å². The monoisotopic (exact) mass is 578 g/mol. The van der Waals surface area contributed by atoms with E-state index < -0.39 is 23.1 Å². The summed E-state index contributed by atoms with van der Waals surface area (Å²) in [6.45, 7) is 5.24. The van der Waals surface area contributed by atoms with Gasteiger partial charge in [0.1, 0.15) is 22.8 Å². The maximum absolute atomic E-state index is 14.0. The van der Waals surface area contributed by atoms with Crippen molar-refractivity contribution >= 4 is 34.8 Å². The van der Waals surface area contributed by atoms with Crippen molar-refractivity contribution in [1.82, 2.24) is 0 Å². The highest BCUT2D eigenvalue weighted by Crippen LogP contribution is 2.43. The molecule has 2 N–H and O–H groups in total. The number of methoxy groups -OCH3 is 2. The third kappa shape index (κ3) is 5.57. The number of nitrogens with one attached hydrogen (secondary N) is 2. The van der Waals surface area contributed by atoms with Gasteiger partial charge < -0.3 is 24.8 Å². The van der Waals surface area contributed by atoms with Crippen LogP contribution in [0.5, 0.6) is 17.2 Å². The lowest BCUT2D eigenvalue weighted by Gasteiger charge is -2.34. The number of benzene rings is 4. The van der Waals surface area contributed by atoms with E-state index in [4.69, 9.17) is 14.2 Å². The summed E-state index contributed by atoms with van der Waals surface area (Å²) in [5.41, 5.74) is 1.88. The molecule has 218 valence electrons. The lowest BCUT2D eigenvalue weighted by molar-refractivity contribution is -0.119. The van der Waals surface area contributed by atoms with Crippen LogP contribution in [0.25, 0.3) is 11.1 Å². The zero-order valence-corrected chi connectivity index (χ0v) is 24.4. The highest BCUT2D eigenvalue weighted by molar-refractivity contribution is 6.51. The van der Waals surface area contributed by atoms with Crippen molar-refractivity contribution in [3.05, 3.63) is 101 Å². The van der Waals surface area contributed by atoms with Gasteiger partial charge in [-0.3, -0.25) is 14.4 Å². The molecule has 0 unspecified atom stereocenters. The van der Waals surface area contributed by atoms with Gasteiger partial charge in [0.25, 0.3) is 0 Å². The van der Waals surface area contributed by atoms with E-state index in [-0.39, 0.29) is 34.2 Å². The maximum Gasteiger partial charge on any atom is 0.343 e. The molecule has 0 aromatic heterocycles. The van der Waals surface area contributed by atoms with Crippen LogP contribution in [0.3, 0.4) is 0 Å². The third-order valence-electron chi connectivity index (χ3n) is 7.28. The summed E-state index contributed by atoms with van der Waals surface area (Å²) >= 11 is 0. The first-order valence-corrected chi connectivity index (χ1v) is 13.5. The van der Waals surface area contributed by atoms with Crippen LogP contribution in [0, 0.1) is 6.92 Å². The second kappa shape index (κ2) is 11.4. The minimum Gasteiger partial charge on any atom is -0.497 e. The zero-order chi connectivity index (χ0) is 30.9. The van der Waals surface area contributed by atoms with E-state index in [2.05, 4.69) is 10.6 Å². The van der Waals surface area contributed by atoms with Crippen LogP contribution in [0.4, 0.5) is 11.4 Å². The van der Waals surface area contributed by atoms with Crippen molar-refractivity contribution in [2.75, 3.05) is 24.9 Å². The number of esters is 1. The van der Waals surface area contributed by atoms with Crippen LogP contribution in [-0.4, -0.2) is 43.2 Å². The summed E-state index contributed by atoms with van der Waals surface area (Å²) < 4.78 is 16.4. The third-order valence-corrected chi connectivity index (χ3v) is 7.28. The largest absolute Gasteiger partial charge is 0.497 e. The second-order valence-corrected chi connectivity index (χ2v) is 10.6. The summed E-state index contributed by atoms with van der Waals surface area (Å²) in [5.74, 6) is -1.43. The van der Waals surface area contributed by atoms with Crippen molar-refractivity contribution in [3.63, 3.8) is 0 Å². The van der Waals surface area contributed by atoms with Crippen LogP contribution in [0.15, 0.2) is 78.9 Å². The minimum absolute atomic E-state index is 0.00220. The fraction of sp³-hybridized carbons (Fsp3) is 0.176. The van der Waals surface area contributed by atoms with Crippen LogP contribution < -0.4 is 24.8 Å². The number of ether oxygens (including phenoxy) is 3. The number of ketones is 2. The van der Waals surface area contributed by atoms with Gasteiger partial charge in [-0.2, -0.15) is 0 Å². The fourth-order valence-electron chi connectivity index (χ4n) is 4.87. The Kier molecular flexibility index (Phi) is 7.74. The Labute approximate surface area is 248 Å². The number of hydrogen-bond donors (Lipinski definition) is 2. The average molecular weight is 579 g/mol. The van der Waals surface area contributed by atoms with E-state index in [1.807, 2.05) is 19.1 Å². The number of anilines is 2. The Bertz CT molecular complexity index is 1770. The average Bonchev–Trinajstić information content (AvgIpc) is 3.00. The van der Waals surface area contributed by atoms with Gasteiger partial charge in [0, 0.05) is 17.2 Å². The van der Waals surface area contributed by atoms with Gasteiger partial charge in [-0.25, -0.2) is 4.79 Å². The Hall–Kier alpha value is -5.44. The van der Waals surface area contributed by atoms with Crippen LogP contribution >= 0.6 is 0 Å². The molecule has 4 aromatic carbocycles. The number of amides is 1. The summed E-state index contributed by atoms with van der Waals surface area (Å²) in [7, 11) is 2.95. The summed E-state index contributed by atoms with van der Waals surface area (Å²) in [6.07, 6.45) is 0. The molecule has 0 bridgehead atoms. The van der Waals surface area contributed by atoms with E-state index in [1.165, 1.54) is 32.4 Å². The molecule has 0 aliphatic carbocycles. The molecular formula is C34H30N2O7. The molecule has 4 aromatic rings. The van der Waals surface area contributed by atoms with E-state index in [1.54, 1.807) is 62.4 Å². The molecule has 1 heterocycles. The molecule has 0 radical (unpaired) electrons. The number of Topliss-reactive ketones (excluding diaryl/α,β-unsaturated/α-hetero) is 2. The second-order valence-electron chi connectivity index (χ2n) is 10.6. The number of rotatable bonds is 8. The molecule has 1 aliphatic rings. The normalized spacial score (nSPS) is 13.2. The number of aryl methyl sites for hydroxylation is 1. The molecule has 0 fully saturated rings. The van der Waals surface area contributed by atoms with Crippen molar-refractivity contribution < 1.29 is 33.4 Å². The van der Waals surface area contributed by atoms with Crippen molar-refractivity contribution in [3.8, 4) is 28.4 Å². The lowest BCUT2D eigenvalue weighted by Crippen LogP contribution is -2.48. The Morgan fingerprint density at radius 1 is 0.767 bits per heavy atom. The summed E-state index contributed by atoms with van der Waals surface area (Å²) in [6, 6.07) is 21.4. The number of fused-ring (bicyclic) bond motifs is 1. The van der Waals surface area contributed by atoms with Crippen molar-refractivity contribution in [1.29, 1.82) is 0 Å². The van der Waals surface area contributed by atoms with Gasteiger partial charge >= 0.3 is 5.97 Å². The van der Waals surface area contributed by atoms with E-state index in [0.717, 1.165) is 5.56 Å². The Morgan fingerprint density at radius 2 is 1.44 bits per heavy atom. The summed E-state index contributed by atoms with van der Waals surface area (Å²) in [4.78, 5) is 53.3. The zero-order valence-electron chi connectivity index (χ0n) is 24.4. The molecule has 43 heavy (non-hydrogen) atoms. The highest BCUT2D eigenvalue weighted by atomic mass is 16.5. The van der Waals surface area contributed by atoms with Gasteiger partial charge in [-0.15, -0.1) is 0 Å². The number of carbonyl (C=O) groups excluding carboxylic acids is 4. The first-order valence-electron chi connectivity index (χ1n) is 13.5. The Balaban J connectivity index is 1.60. The molecule has 0 saturated heterocycles. The molecule has 1 amide bonds. The maximum atomic E-state index is 14.0. The van der Waals surface area contributed by atoms with Crippen molar-refractivity contribution in [2.45, 2.75) is 26.3 Å². The highest BCUT2D eigenvalue weighted by Gasteiger charge is 2.37. The minimum atomic E-state index is -0.949. The molecule has 0 saturated carbocycles. The molecule has 1 aliphatic heterocycles. The van der Waals surface area contributed by atoms with E-state index in [0.29, 0.717) is 28.1 Å². The first-order chi connectivity index (χ1) is 20.5. The Morgan fingerprint density at radius 3 is 2.12 bits per heavy atom. The van der Waals surface area contributed by atoms with Crippen LogP contribution in [0.2, 0.25) is 0 Å². The fourth-order valence-corrected chi connectivity index (χ4v) is 4.87.